The minimum absolute atomic E-state index is 0.417. The van der Waals surface area contributed by atoms with Crippen molar-refractivity contribution in [1.82, 2.24) is 10.3 Å². The second-order valence-electron chi connectivity index (χ2n) is 4.31. The third-order valence-corrected chi connectivity index (χ3v) is 3.72. The minimum Gasteiger partial charge on any atom is -0.312 e. The Morgan fingerprint density at radius 3 is 3.06 bits per heavy atom. The van der Waals surface area contributed by atoms with E-state index >= 15 is 0 Å². The molecule has 0 aliphatic carbocycles. The molecule has 0 bridgehead atoms. The van der Waals surface area contributed by atoms with Crippen molar-refractivity contribution in [2.45, 2.75) is 12.5 Å². The third-order valence-electron chi connectivity index (χ3n) is 3.23. The third kappa shape index (κ3) is 2.13. The van der Waals surface area contributed by atoms with Crippen molar-refractivity contribution >= 4 is 15.9 Å². The molecule has 0 fully saturated rings. The van der Waals surface area contributed by atoms with Crippen LogP contribution < -0.4 is 5.32 Å². The zero-order valence-electron chi connectivity index (χ0n) is 9.36. The average Bonchev–Trinajstić information content (AvgIpc) is 2.39. The highest BCUT2D eigenvalue weighted by atomic mass is 79.9. The second kappa shape index (κ2) is 4.59. The summed E-state index contributed by atoms with van der Waals surface area (Å²) < 4.78 is 1.14. The van der Waals surface area contributed by atoms with Crippen LogP contribution in [0.15, 0.2) is 47.2 Å². The SMILES string of the molecule is Brc1ccc2c(c1)CNCC2c1cccnc1. The van der Waals surface area contributed by atoms with E-state index in [-0.39, 0.29) is 0 Å². The van der Waals surface area contributed by atoms with Crippen molar-refractivity contribution < 1.29 is 0 Å². The number of halogens is 1. The zero-order valence-corrected chi connectivity index (χ0v) is 10.9. The van der Waals surface area contributed by atoms with Gasteiger partial charge in [0.05, 0.1) is 0 Å². The van der Waals surface area contributed by atoms with Crippen molar-refractivity contribution in [1.29, 1.82) is 0 Å². The van der Waals surface area contributed by atoms with E-state index in [4.69, 9.17) is 0 Å². The molecule has 3 rings (SSSR count). The first-order valence-corrected chi connectivity index (χ1v) is 6.53. The highest BCUT2D eigenvalue weighted by molar-refractivity contribution is 9.10. The Morgan fingerprint density at radius 1 is 1.29 bits per heavy atom. The first-order chi connectivity index (χ1) is 8.34. The van der Waals surface area contributed by atoms with Gasteiger partial charge in [-0.3, -0.25) is 4.98 Å². The summed E-state index contributed by atoms with van der Waals surface area (Å²) in [6.45, 7) is 1.94. The fourth-order valence-electron chi connectivity index (χ4n) is 2.41. The predicted molar refractivity (Wildman–Crippen MR) is 71.9 cm³/mol. The van der Waals surface area contributed by atoms with E-state index in [1.807, 2.05) is 18.5 Å². The van der Waals surface area contributed by atoms with E-state index in [1.54, 1.807) is 0 Å². The summed E-state index contributed by atoms with van der Waals surface area (Å²) in [5, 5.41) is 3.47. The number of rotatable bonds is 1. The summed E-state index contributed by atoms with van der Waals surface area (Å²) in [5.41, 5.74) is 4.07. The molecule has 1 aliphatic rings. The number of fused-ring (bicyclic) bond motifs is 1. The van der Waals surface area contributed by atoms with Crippen molar-refractivity contribution in [3.05, 3.63) is 63.9 Å². The van der Waals surface area contributed by atoms with Crippen LogP contribution in [0.3, 0.4) is 0 Å². The summed E-state index contributed by atoms with van der Waals surface area (Å²) in [6.07, 6.45) is 3.78. The molecule has 2 heterocycles. The Balaban J connectivity index is 2.06. The van der Waals surface area contributed by atoms with E-state index in [9.17, 15) is 0 Å². The van der Waals surface area contributed by atoms with Crippen LogP contribution in [0.4, 0.5) is 0 Å². The molecular weight excluding hydrogens is 276 g/mol. The number of hydrogen-bond donors (Lipinski definition) is 1. The lowest BCUT2D eigenvalue weighted by atomic mass is 9.86. The second-order valence-corrected chi connectivity index (χ2v) is 5.23. The van der Waals surface area contributed by atoms with Crippen LogP contribution in [0.5, 0.6) is 0 Å². The molecule has 2 aromatic rings. The van der Waals surface area contributed by atoms with Crippen LogP contribution in [0.2, 0.25) is 0 Å². The average molecular weight is 289 g/mol. The summed E-state index contributed by atoms with van der Waals surface area (Å²) in [7, 11) is 0. The summed E-state index contributed by atoms with van der Waals surface area (Å²) >= 11 is 3.53. The molecule has 86 valence electrons. The largest absolute Gasteiger partial charge is 0.312 e. The van der Waals surface area contributed by atoms with Crippen LogP contribution in [0, 0.1) is 0 Å². The van der Waals surface area contributed by atoms with Crippen molar-refractivity contribution in [3.63, 3.8) is 0 Å². The van der Waals surface area contributed by atoms with E-state index in [2.05, 4.69) is 50.5 Å². The van der Waals surface area contributed by atoms with Gasteiger partial charge in [-0.15, -0.1) is 0 Å². The Morgan fingerprint density at radius 2 is 2.24 bits per heavy atom. The quantitative estimate of drug-likeness (QED) is 0.872. The molecule has 0 amide bonds. The molecule has 3 heteroatoms. The predicted octanol–water partition coefficient (Wildman–Crippen LogP) is 3.08. The maximum absolute atomic E-state index is 4.21. The number of nitrogens with one attached hydrogen (secondary N) is 1. The molecule has 1 unspecified atom stereocenters. The number of aromatic nitrogens is 1. The number of pyridine rings is 1. The van der Waals surface area contributed by atoms with E-state index in [1.165, 1.54) is 16.7 Å². The standard InChI is InChI=1S/C14H13BrN2/c15-12-3-4-13-11(6-12)8-17-9-14(13)10-2-1-5-16-7-10/h1-7,14,17H,8-9H2. The normalized spacial score (nSPS) is 18.8. The number of hydrogen-bond acceptors (Lipinski definition) is 2. The number of nitrogens with zero attached hydrogens (tertiary/aromatic N) is 1. The van der Waals surface area contributed by atoms with Crippen molar-refractivity contribution in [2.75, 3.05) is 6.54 Å². The van der Waals surface area contributed by atoms with Crippen LogP contribution in [-0.4, -0.2) is 11.5 Å². The van der Waals surface area contributed by atoms with Gasteiger partial charge < -0.3 is 5.32 Å². The Hall–Kier alpha value is -1.19. The molecule has 0 radical (unpaired) electrons. The van der Waals surface area contributed by atoms with Crippen molar-refractivity contribution in [3.8, 4) is 0 Å². The Bertz CT molecular complexity index is 525. The first-order valence-electron chi connectivity index (χ1n) is 5.73. The van der Waals surface area contributed by atoms with Crippen LogP contribution in [-0.2, 0) is 6.54 Å². The lowest BCUT2D eigenvalue weighted by Crippen LogP contribution is -2.28. The first kappa shape index (κ1) is 10.9. The number of benzene rings is 1. The fraction of sp³-hybridized carbons (Fsp3) is 0.214. The van der Waals surface area contributed by atoms with E-state index in [0.29, 0.717) is 5.92 Å². The van der Waals surface area contributed by atoms with E-state index < -0.39 is 0 Å². The molecule has 1 aliphatic heterocycles. The fourth-order valence-corrected chi connectivity index (χ4v) is 2.82. The van der Waals surface area contributed by atoms with Gasteiger partial charge in [-0.25, -0.2) is 0 Å². The lowest BCUT2D eigenvalue weighted by Gasteiger charge is -2.26. The van der Waals surface area contributed by atoms with Gasteiger partial charge in [-0.2, -0.15) is 0 Å². The summed E-state index contributed by atoms with van der Waals surface area (Å²) in [4.78, 5) is 4.21. The molecule has 17 heavy (non-hydrogen) atoms. The molecule has 0 saturated carbocycles. The molecule has 1 N–H and O–H groups in total. The van der Waals surface area contributed by atoms with Gasteiger partial charge in [0.2, 0.25) is 0 Å². The van der Waals surface area contributed by atoms with Gasteiger partial charge in [0, 0.05) is 35.9 Å². The van der Waals surface area contributed by atoms with Gasteiger partial charge in [0.25, 0.3) is 0 Å². The lowest BCUT2D eigenvalue weighted by molar-refractivity contribution is 0.590. The molecule has 1 aromatic heterocycles. The van der Waals surface area contributed by atoms with Gasteiger partial charge in [0.1, 0.15) is 0 Å². The topological polar surface area (TPSA) is 24.9 Å². The van der Waals surface area contributed by atoms with Crippen molar-refractivity contribution in [2.24, 2.45) is 0 Å². The molecule has 0 saturated heterocycles. The van der Waals surface area contributed by atoms with Crippen LogP contribution >= 0.6 is 15.9 Å². The molecule has 2 nitrogen and oxygen atoms in total. The molecule has 0 spiro atoms. The van der Waals surface area contributed by atoms with Gasteiger partial charge >= 0.3 is 0 Å². The van der Waals surface area contributed by atoms with Gasteiger partial charge in [-0.05, 0) is 34.9 Å². The van der Waals surface area contributed by atoms with Crippen LogP contribution in [0.25, 0.3) is 0 Å². The van der Waals surface area contributed by atoms with Crippen LogP contribution in [0.1, 0.15) is 22.6 Å². The maximum Gasteiger partial charge on any atom is 0.0306 e. The Labute approximate surface area is 109 Å². The van der Waals surface area contributed by atoms with E-state index in [0.717, 1.165) is 17.6 Å². The monoisotopic (exact) mass is 288 g/mol. The molecular formula is C14H13BrN2. The van der Waals surface area contributed by atoms with Gasteiger partial charge in [0.15, 0.2) is 0 Å². The highest BCUT2D eigenvalue weighted by Crippen LogP contribution is 2.31. The maximum atomic E-state index is 4.21. The molecule has 1 atom stereocenters. The van der Waals surface area contributed by atoms with Gasteiger partial charge in [-0.1, -0.05) is 28.1 Å². The smallest absolute Gasteiger partial charge is 0.0306 e. The Kier molecular flexibility index (Phi) is 2.95. The summed E-state index contributed by atoms with van der Waals surface area (Å²) in [6, 6.07) is 10.7. The molecule has 1 aromatic carbocycles. The highest BCUT2D eigenvalue weighted by Gasteiger charge is 2.21. The minimum atomic E-state index is 0.417. The zero-order chi connectivity index (χ0) is 11.7. The summed E-state index contributed by atoms with van der Waals surface area (Å²) in [5.74, 6) is 0.417.